The van der Waals surface area contributed by atoms with Crippen molar-refractivity contribution >= 4 is 28.7 Å². The Balaban J connectivity index is 1.86. The lowest BCUT2D eigenvalue weighted by atomic mass is 10.1. The second-order valence-corrected chi connectivity index (χ2v) is 5.49. The molecule has 1 N–H and O–H groups in total. The van der Waals surface area contributed by atoms with Crippen LogP contribution in [0.4, 0.5) is 20.2 Å². The van der Waals surface area contributed by atoms with Crippen LogP contribution in [0.5, 0.6) is 0 Å². The summed E-state index contributed by atoms with van der Waals surface area (Å²) in [4.78, 5) is 1.97. The molecule has 2 aromatic rings. The van der Waals surface area contributed by atoms with Gasteiger partial charge < -0.3 is 10.2 Å². The van der Waals surface area contributed by atoms with Crippen molar-refractivity contribution in [2.45, 2.75) is 19.4 Å². The van der Waals surface area contributed by atoms with Crippen molar-refractivity contribution in [1.29, 1.82) is 0 Å². The molecule has 0 aromatic heterocycles. The van der Waals surface area contributed by atoms with Crippen molar-refractivity contribution in [1.82, 2.24) is 0 Å². The number of benzene rings is 2. The second kappa shape index (κ2) is 5.41. The molecule has 0 saturated heterocycles. The van der Waals surface area contributed by atoms with Gasteiger partial charge >= 0.3 is 0 Å². The highest BCUT2D eigenvalue weighted by molar-refractivity contribution is 7.80. The summed E-state index contributed by atoms with van der Waals surface area (Å²) in [7, 11) is 0. The maximum atomic E-state index is 13.7. The van der Waals surface area contributed by atoms with Crippen molar-refractivity contribution in [3.63, 3.8) is 0 Å². The van der Waals surface area contributed by atoms with Crippen molar-refractivity contribution in [3.8, 4) is 0 Å². The number of thiocarbonyl (C=S) groups is 1. The number of hydrogen-bond donors (Lipinski definition) is 1. The SMILES string of the molecule is C[C@H]1Cc2ccccc2N1C(=S)Nc1ccc(F)cc1F. The zero-order chi connectivity index (χ0) is 15.0. The van der Waals surface area contributed by atoms with E-state index in [1.165, 1.54) is 17.7 Å². The van der Waals surface area contributed by atoms with E-state index in [9.17, 15) is 8.78 Å². The van der Waals surface area contributed by atoms with Gasteiger partial charge in [0.05, 0.1) is 5.69 Å². The second-order valence-electron chi connectivity index (χ2n) is 5.11. The van der Waals surface area contributed by atoms with Gasteiger partial charge in [0.1, 0.15) is 11.6 Å². The van der Waals surface area contributed by atoms with Crippen LogP contribution in [0.2, 0.25) is 0 Å². The van der Waals surface area contributed by atoms with Gasteiger partial charge in [-0.05, 0) is 49.3 Å². The lowest BCUT2D eigenvalue weighted by Crippen LogP contribution is -2.39. The highest BCUT2D eigenvalue weighted by Crippen LogP contribution is 2.32. The standard InChI is InChI=1S/C16H14F2N2S/c1-10-8-11-4-2-3-5-15(11)20(10)16(21)19-14-7-6-12(17)9-13(14)18/h2-7,9-10H,8H2,1H3,(H,19,21)/t10-/m0/s1. The van der Waals surface area contributed by atoms with Crippen molar-refractivity contribution < 1.29 is 8.78 Å². The van der Waals surface area contributed by atoms with Crippen LogP contribution in [-0.2, 0) is 6.42 Å². The minimum absolute atomic E-state index is 0.179. The molecular weight excluding hydrogens is 290 g/mol. The van der Waals surface area contributed by atoms with E-state index in [1.807, 2.05) is 23.1 Å². The first-order valence-corrected chi connectivity index (χ1v) is 7.10. The summed E-state index contributed by atoms with van der Waals surface area (Å²) in [6.07, 6.45) is 0.893. The molecule has 2 nitrogen and oxygen atoms in total. The maximum Gasteiger partial charge on any atom is 0.178 e. The molecule has 0 unspecified atom stereocenters. The molecule has 5 heteroatoms. The summed E-state index contributed by atoms with van der Waals surface area (Å²) in [5, 5.41) is 3.28. The molecule has 0 amide bonds. The number of anilines is 2. The molecule has 21 heavy (non-hydrogen) atoms. The Kier molecular flexibility index (Phi) is 3.59. The highest BCUT2D eigenvalue weighted by Gasteiger charge is 2.28. The summed E-state index contributed by atoms with van der Waals surface area (Å²) in [6, 6.07) is 11.6. The Morgan fingerprint density at radius 3 is 2.76 bits per heavy atom. The molecule has 3 rings (SSSR count). The number of nitrogens with zero attached hydrogens (tertiary/aromatic N) is 1. The Morgan fingerprint density at radius 1 is 1.24 bits per heavy atom. The van der Waals surface area contributed by atoms with E-state index in [0.29, 0.717) is 5.11 Å². The molecule has 0 spiro atoms. The van der Waals surface area contributed by atoms with E-state index in [4.69, 9.17) is 12.2 Å². The Morgan fingerprint density at radius 2 is 2.00 bits per heavy atom. The van der Waals surface area contributed by atoms with Gasteiger partial charge in [-0.2, -0.15) is 0 Å². The molecule has 0 radical (unpaired) electrons. The highest BCUT2D eigenvalue weighted by atomic mass is 32.1. The fourth-order valence-electron chi connectivity index (χ4n) is 2.64. The number of hydrogen-bond acceptors (Lipinski definition) is 1. The van der Waals surface area contributed by atoms with Crippen molar-refractivity contribution in [2.75, 3.05) is 10.2 Å². The van der Waals surface area contributed by atoms with E-state index in [1.54, 1.807) is 0 Å². The van der Waals surface area contributed by atoms with Crippen LogP contribution >= 0.6 is 12.2 Å². The summed E-state index contributed by atoms with van der Waals surface area (Å²) in [5.41, 5.74) is 2.43. The minimum Gasteiger partial charge on any atom is -0.330 e. The molecular formula is C16H14F2N2S. The van der Waals surface area contributed by atoms with E-state index in [0.717, 1.165) is 18.2 Å². The van der Waals surface area contributed by atoms with Gasteiger partial charge in [-0.15, -0.1) is 0 Å². The summed E-state index contributed by atoms with van der Waals surface area (Å²) < 4.78 is 26.6. The van der Waals surface area contributed by atoms with Gasteiger partial charge in [0, 0.05) is 17.8 Å². The van der Waals surface area contributed by atoms with Crippen LogP contribution < -0.4 is 10.2 Å². The third-order valence-corrected chi connectivity index (χ3v) is 3.90. The van der Waals surface area contributed by atoms with Crippen LogP contribution in [0.3, 0.4) is 0 Å². The van der Waals surface area contributed by atoms with Crippen LogP contribution in [0, 0.1) is 11.6 Å². The lowest BCUT2D eigenvalue weighted by molar-refractivity contribution is 0.586. The third kappa shape index (κ3) is 2.61. The van der Waals surface area contributed by atoms with Crippen LogP contribution in [-0.4, -0.2) is 11.2 Å². The molecule has 1 heterocycles. The van der Waals surface area contributed by atoms with E-state index < -0.39 is 11.6 Å². The van der Waals surface area contributed by atoms with E-state index in [-0.39, 0.29) is 11.7 Å². The zero-order valence-corrected chi connectivity index (χ0v) is 12.3. The third-order valence-electron chi connectivity index (χ3n) is 3.60. The number of fused-ring (bicyclic) bond motifs is 1. The van der Waals surface area contributed by atoms with E-state index >= 15 is 0 Å². The summed E-state index contributed by atoms with van der Waals surface area (Å²) in [5.74, 6) is -1.26. The molecule has 1 atom stereocenters. The Labute approximate surface area is 127 Å². The van der Waals surface area contributed by atoms with Gasteiger partial charge in [-0.1, -0.05) is 18.2 Å². The van der Waals surface area contributed by atoms with Gasteiger partial charge in [0.15, 0.2) is 5.11 Å². The summed E-state index contributed by atoms with van der Waals surface area (Å²) >= 11 is 5.40. The zero-order valence-electron chi connectivity index (χ0n) is 11.4. The van der Waals surface area contributed by atoms with Crippen LogP contribution in [0.15, 0.2) is 42.5 Å². The van der Waals surface area contributed by atoms with Gasteiger partial charge in [-0.25, -0.2) is 8.78 Å². The van der Waals surface area contributed by atoms with Crippen molar-refractivity contribution in [2.24, 2.45) is 0 Å². The first kappa shape index (κ1) is 13.9. The minimum atomic E-state index is -0.655. The molecule has 0 fully saturated rings. The lowest BCUT2D eigenvalue weighted by Gasteiger charge is -2.26. The molecule has 2 aromatic carbocycles. The maximum absolute atomic E-state index is 13.7. The topological polar surface area (TPSA) is 15.3 Å². The monoisotopic (exact) mass is 304 g/mol. The van der Waals surface area contributed by atoms with Crippen molar-refractivity contribution in [3.05, 3.63) is 59.7 Å². The molecule has 0 saturated carbocycles. The predicted octanol–water partition coefficient (Wildman–Crippen LogP) is 4.11. The first-order chi connectivity index (χ1) is 10.1. The largest absolute Gasteiger partial charge is 0.330 e. The molecule has 108 valence electrons. The Hall–Kier alpha value is -2.01. The van der Waals surface area contributed by atoms with Crippen LogP contribution in [0.1, 0.15) is 12.5 Å². The summed E-state index contributed by atoms with van der Waals surface area (Å²) in [6.45, 7) is 2.06. The number of nitrogens with one attached hydrogen (secondary N) is 1. The average molecular weight is 304 g/mol. The molecule has 1 aliphatic rings. The first-order valence-electron chi connectivity index (χ1n) is 6.69. The van der Waals surface area contributed by atoms with Crippen LogP contribution in [0.25, 0.3) is 0 Å². The fourth-order valence-corrected chi connectivity index (χ4v) is 3.03. The fraction of sp³-hybridized carbons (Fsp3) is 0.188. The van der Waals surface area contributed by atoms with E-state index in [2.05, 4.69) is 18.3 Å². The van der Waals surface area contributed by atoms with Gasteiger partial charge in [0.25, 0.3) is 0 Å². The predicted molar refractivity (Wildman–Crippen MR) is 84.7 cm³/mol. The average Bonchev–Trinajstić information content (AvgIpc) is 2.77. The van der Waals surface area contributed by atoms with Gasteiger partial charge in [0.2, 0.25) is 0 Å². The number of rotatable bonds is 1. The number of halogens is 2. The Bertz CT molecular complexity index is 702. The van der Waals surface area contributed by atoms with Gasteiger partial charge in [-0.3, -0.25) is 0 Å². The number of para-hydroxylation sites is 1. The molecule has 1 aliphatic heterocycles. The smallest absolute Gasteiger partial charge is 0.178 e. The quantitative estimate of drug-likeness (QED) is 0.798. The molecule has 0 bridgehead atoms. The molecule has 0 aliphatic carbocycles. The normalized spacial score (nSPS) is 16.7.